The molecule has 0 bridgehead atoms. The van der Waals surface area contributed by atoms with Gasteiger partial charge in [0.05, 0.1) is 5.39 Å². The van der Waals surface area contributed by atoms with Crippen molar-refractivity contribution in [3.8, 4) is 0 Å². The number of aryl methyl sites for hydroxylation is 1. The standard InChI is InChI=1S/C14H22N6S/c1-9-7-11-12(16-14(18-15)17-13(11)21-9)20-6-4-5-10(20)8-19(2)3/h7,10H,4-6,8,15H2,1-3H3,(H,16,17,18). The van der Waals surface area contributed by atoms with Gasteiger partial charge in [-0.15, -0.1) is 11.3 Å². The van der Waals surface area contributed by atoms with Crippen LogP contribution < -0.4 is 16.2 Å². The van der Waals surface area contributed by atoms with E-state index < -0.39 is 0 Å². The normalized spacial score (nSPS) is 18.9. The highest BCUT2D eigenvalue weighted by atomic mass is 32.1. The third-order valence-electron chi connectivity index (χ3n) is 3.85. The van der Waals surface area contributed by atoms with E-state index in [1.165, 1.54) is 17.7 Å². The van der Waals surface area contributed by atoms with Crippen molar-refractivity contribution in [1.29, 1.82) is 0 Å². The summed E-state index contributed by atoms with van der Waals surface area (Å²) in [5.74, 6) is 7.04. The predicted octanol–water partition coefficient (Wildman–Crippen LogP) is 1.82. The number of thiophene rings is 1. The van der Waals surface area contributed by atoms with Gasteiger partial charge in [0, 0.05) is 24.0 Å². The molecule has 0 amide bonds. The number of likely N-dealkylation sites (N-methyl/N-ethyl adjacent to an activating group) is 1. The van der Waals surface area contributed by atoms with Crippen LogP contribution in [0.2, 0.25) is 0 Å². The molecule has 1 saturated heterocycles. The van der Waals surface area contributed by atoms with Gasteiger partial charge in [0.15, 0.2) is 0 Å². The van der Waals surface area contributed by atoms with Crippen molar-refractivity contribution in [2.45, 2.75) is 25.8 Å². The zero-order chi connectivity index (χ0) is 15.0. The first-order chi connectivity index (χ1) is 10.1. The summed E-state index contributed by atoms with van der Waals surface area (Å²) in [4.78, 5) is 16.0. The first kappa shape index (κ1) is 14.5. The number of nitrogen functional groups attached to an aromatic ring is 1. The lowest BCUT2D eigenvalue weighted by atomic mass is 10.2. The Kier molecular flexibility index (Phi) is 3.97. The number of hydrogen-bond acceptors (Lipinski definition) is 7. The second-order valence-electron chi connectivity index (χ2n) is 5.84. The number of nitrogens with two attached hydrogens (primary N) is 1. The third kappa shape index (κ3) is 2.81. The lowest BCUT2D eigenvalue weighted by Gasteiger charge is -2.28. The molecule has 0 aromatic carbocycles. The monoisotopic (exact) mass is 306 g/mol. The average molecular weight is 306 g/mol. The van der Waals surface area contributed by atoms with Gasteiger partial charge >= 0.3 is 0 Å². The Morgan fingerprint density at radius 3 is 3.00 bits per heavy atom. The van der Waals surface area contributed by atoms with Crippen molar-refractivity contribution in [1.82, 2.24) is 14.9 Å². The van der Waals surface area contributed by atoms with Gasteiger partial charge in [-0.2, -0.15) is 4.98 Å². The SMILES string of the molecule is Cc1cc2c(N3CCCC3CN(C)C)nc(NN)nc2s1. The Bertz CT molecular complexity index is 638. The number of nitrogens with zero attached hydrogens (tertiary/aromatic N) is 4. The van der Waals surface area contributed by atoms with Gasteiger partial charge in [0.1, 0.15) is 10.6 Å². The van der Waals surface area contributed by atoms with Crippen LogP contribution >= 0.6 is 11.3 Å². The fraction of sp³-hybridized carbons (Fsp3) is 0.571. The van der Waals surface area contributed by atoms with Crippen LogP contribution in [0.1, 0.15) is 17.7 Å². The van der Waals surface area contributed by atoms with Crippen LogP contribution in [-0.4, -0.2) is 48.1 Å². The fourth-order valence-electron chi connectivity index (χ4n) is 3.04. The van der Waals surface area contributed by atoms with E-state index in [0.717, 1.165) is 29.1 Å². The average Bonchev–Trinajstić information content (AvgIpc) is 3.02. The van der Waals surface area contributed by atoms with Crippen LogP contribution in [0.15, 0.2) is 6.07 Å². The predicted molar refractivity (Wildman–Crippen MR) is 88.9 cm³/mol. The molecule has 3 rings (SSSR count). The van der Waals surface area contributed by atoms with Crippen LogP contribution in [0.5, 0.6) is 0 Å². The minimum Gasteiger partial charge on any atom is -0.352 e. The zero-order valence-corrected chi connectivity index (χ0v) is 13.6. The molecule has 1 aliphatic rings. The van der Waals surface area contributed by atoms with Crippen LogP contribution in [0.3, 0.4) is 0 Å². The van der Waals surface area contributed by atoms with Crippen LogP contribution in [0.4, 0.5) is 11.8 Å². The minimum absolute atomic E-state index is 0.495. The van der Waals surface area contributed by atoms with Crippen LogP contribution in [-0.2, 0) is 0 Å². The highest BCUT2D eigenvalue weighted by Gasteiger charge is 2.28. The lowest BCUT2D eigenvalue weighted by molar-refractivity contribution is 0.372. The molecule has 0 radical (unpaired) electrons. The summed E-state index contributed by atoms with van der Waals surface area (Å²) in [7, 11) is 4.24. The Labute approximate surface area is 128 Å². The number of nitrogens with one attached hydrogen (secondary N) is 1. The van der Waals surface area contributed by atoms with E-state index in [1.807, 2.05) is 0 Å². The number of anilines is 2. The van der Waals surface area contributed by atoms with Crippen LogP contribution in [0.25, 0.3) is 10.2 Å². The highest BCUT2D eigenvalue weighted by Crippen LogP contribution is 2.35. The lowest BCUT2D eigenvalue weighted by Crippen LogP contribution is -2.38. The molecule has 1 aliphatic heterocycles. The van der Waals surface area contributed by atoms with Gasteiger partial charge < -0.3 is 9.80 Å². The molecule has 1 unspecified atom stereocenters. The van der Waals surface area contributed by atoms with Crippen LogP contribution in [0, 0.1) is 6.92 Å². The molecule has 0 saturated carbocycles. The molecule has 2 aromatic heterocycles. The Morgan fingerprint density at radius 1 is 1.48 bits per heavy atom. The molecule has 3 N–H and O–H groups in total. The first-order valence-corrected chi connectivity index (χ1v) is 8.06. The van der Waals surface area contributed by atoms with Gasteiger partial charge in [-0.3, -0.25) is 5.43 Å². The number of fused-ring (bicyclic) bond motifs is 1. The van der Waals surface area contributed by atoms with E-state index in [1.54, 1.807) is 11.3 Å². The molecule has 7 heteroatoms. The highest BCUT2D eigenvalue weighted by molar-refractivity contribution is 7.18. The zero-order valence-electron chi connectivity index (χ0n) is 12.8. The largest absolute Gasteiger partial charge is 0.352 e. The fourth-order valence-corrected chi connectivity index (χ4v) is 3.91. The van der Waals surface area contributed by atoms with E-state index in [4.69, 9.17) is 5.84 Å². The number of hydrogen-bond donors (Lipinski definition) is 2. The van der Waals surface area contributed by atoms with Crippen molar-refractivity contribution >= 4 is 33.3 Å². The second kappa shape index (κ2) is 5.75. The van der Waals surface area contributed by atoms with E-state index in [0.29, 0.717) is 12.0 Å². The minimum atomic E-state index is 0.495. The number of aromatic nitrogens is 2. The maximum atomic E-state index is 5.53. The Balaban J connectivity index is 2.05. The van der Waals surface area contributed by atoms with Gasteiger partial charge in [0.2, 0.25) is 5.95 Å². The van der Waals surface area contributed by atoms with Gasteiger partial charge in [-0.1, -0.05) is 0 Å². The first-order valence-electron chi connectivity index (χ1n) is 7.24. The Hall–Kier alpha value is -1.44. The van der Waals surface area contributed by atoms with Crippen molar-refractivity contribution in [2.24, 2.45) is 5.84 Å². The van der Waals surface area contributed by atoms with Crippen molar-refractivity contribution in [3.63, 3.8) is 0 Å². The summed E-state index contributed by atoms with van der Waals surface area (Å²) in [5.41, 5.74) is 2.60. The molecule has 21 heavy (non-hydrogen) atoms. The van der Waals surface area contributed by atoms with E-state index in [2.05, 4.69) is 52.3 Å². The summed E-state index contributed by atoms with van der Waals surface area (Å²) in [5, 5.41) is 1.14. The summed E-state index contributed by atoms with van der Waals surface area (Å²) < 4.78 is 0. The summed E-state index contributed by atoms with van der Waals surface area (Å²) >= 11 is 1.69. The topological polar surface area (TPSA) is 70.3 Å². The van der Waals surface area contributed by atoms with Crippen molar-refractivity contribution in [2.75, 3.05) is 37.5 Å². The van der Waals surface area contributed by atoms with Gasteiger partial charge in [0.25, 0.3) is 0 Å². The molecule has 1 atom stereocenters. The molecule has 0 spiro atoms. The number of rotatable bonds is 4. The molecule has 0 aliphatic carbocycles. The molecule has 6 nitrogen and oxygen atoms in total. The van der Waals surface area contributed by atoms with Gasteiger partial charge in [-0.25, -0.2) is 10.8 Å². The summed E-state index contributed by atoms with van der Waals surface area (Å²) in [6, 6.07) is 2.68. The van der Waals surface area contributed by atoms with Crippen molar-refractivity contribution < 1.29 is 0 Å². The molecule has 2 aromatic rings. The summed E-state index contributed by atoms with van der Waals surface area (Å²) in [6.45, 7) is 4.19. The smallest absolute Gasteiger partial charge is 0.240 e. The maximum absolute atomic E-state index is 5.53. The van der Waals surface area contributed by atoms with E-state index >= 15 is 0 Å². The van der Waals surface area contributed by atoms with Crippen molar-refractivity contribution in [3.05, 3.63) is 10.9 Å². The molecular weight excluding hydrogens is 284 g/mol. The second-order valence-corrected chi connectivity index (χ2v) is 7.08. The van der Waals surface area contributed by atoms with E-state index in [9.17, 15) is 0 Å². The Morgan fingerprint density at radius 2 is 2.29 bits per heavy atom. The maximum Gasteiger partial charge on any atom is 0.240 e. The quantitative estimate of drug-likeness (QED) is 0.663. The molecule has 1 fully saturated rings. The third-order valence-corrected chi connectivity index (χ3v) is 4.79. The van der Waals surface area contributed by atoms with Gasteiger partial charge in [-0.05, 0) is 39.9 Å². The summed E-state index contributed by atoms with van der Waals surface area (Å²) in [6.07, 6.45) is 2.41. The molecule has 3 heterocycles. The molecular formula is C14H22N6S. The van der Waals surface area contributed by atoms with E-state index in [-0.39, 0.29) is 0 Å². The number of hydrazine groups is 1. The molecule has 114 valence electrons.